The normalized spacial score (nSPS) is 10.5. The largest absolute Gasteiger partial charge is 0.396 e. The summed E-state index contributed by atoms with van der Waals surface area (Å²) in [6.07, 6.45) is 4.56. The van der Waals surface area contributed by atoms with E-state index in [0.717, 1.165) is 17.3 Å². The molecule has 0 saturated carbocycles. The molecule has 0 atom stereocenters. The molecule has 0 fully saturated rings. The second kappa shape index (κ2) is 8.20. The minimum atomic E-state index is 0.333. The van der Waals surface area contributed by atoms with Gasteiger partial charge in [0.15, 0.2) is 0 Å². The lowest BCUT2D eigenvalue weighted by atomic mass is 10.2. The van der Waals surface area contributed by atoms with Crippen molar-refractivity contribution in [1.29, 1.82) is 0 Å². The molecule has 0 aliphatic heterocycles. The van der Waals surface area contributed by atoms with E-state index in [9.17, 15) is 0 Å². The Bertz CT molecular complexity index is 261. The van der Waals surface area contributed by atoms with Gasteiger partial charge in [-0.25, -0.2) is 0 Å². The average Bonchev–Trinajstić information content (AvgIpc) is 2.26. The molecule has 1 N–H and O–H groups in total. The van der Waals surface area contributed by atoms with Crippen LogP contribution in [0.1, 0.15) is 25.7 Å². The Kier molecular flexibility index (Phi) is 7.14. The number of hydrogen-bond donors (Lipinski definition) is 1. The lowest BCUT2D eigenvalue weighted by Gasteiger charge is -2.01. The summed E-state index contributed by atoms with van der Waals surface area (Å²) in [5.41, 5.74) is 0. The molecule has 0 spiro atoms. The summed E-state index contributed by atoms with van der Waals surface area (Å²) in [5.74, 6) is 1.17. The van der Waals surface area contributed by atoms with E-state index in [1.807, 2.05) is 11.8 Å². The van der Waals surface area contributed by atoms with Gasteiger partial charge in [0.05, 0.1) is 0 Å². The number of rotatable bonds is 7. The smallest absolute Gasteiger partial charge is 0.0431 e. The van der Waals surface area contributed by atoms with Gasteiger partial charge >= 0.3 is 0 Å². The molecular weight excluding hydrogens is 272 g/mol. The number of benzene rings is 1. The second-order valence-electron chi connectivity index (χ2n) is 3.44. The van der Waals surface area contributed by atoms with E-state index in [2.05, 4.69) is 40.2 Å². The lowest BCUT2D eigenvalue weighted by Crippen LogP contribution is -1.85. The van der Waals surface area contributed by atoms with Gasteiger partial charge < -0.3 is 5.11 Å². The van der Waals surface area contributed by atoms with Crippen molar-refractivity contribution in [3.8, 4) is 0 Å². The second-order valence-corrected chi connectivity index (χ2v) is 5.52. The van der Waals surface area contributed by atoms with Crippen LogP contribution < -0.4 is 0 Å². The van der Waals surface area contributed by atoms with Gasteiger partial charge in [-0.3, -0.25) is 0 Å². The van der Waals surface area contributed by atoms with Gasteiger partial charge in [0.25, 0.3) is 0 Å². The van der Waals surface area contributed by atoms with Crippen LogP contribution in [-0.4, -0.2) is 17.5 Å². The maximum atomic E-state index is 8.62. The van der Waals surface area contributed by atoms with E-state index in [1.54, 1.807) is 0 Å². The first-order valence-electron chi connectivity index (χ1n) is 5.32. The van der Waals surface area contributed by atoms with Crippen molar-refractivity contribution in [2.24, 2.45) is 0 Å². The zero-order valence-corrected chi connectivity index (χ0v) is 11.2. The van der Waals surface area contributed by atoms with Crippen LogP contribution in [0.3, 0.4) is 0 Å². The Morgan fingerprint density at radius 1 is 1.00 bits per heavy atom. The Balaban J connectivity index is 2.07. The zero-order chi connectivity index (χ0) is 10.9. The molecule has 84 valence electrons. The van der Waals surface area contributed by atoms with E-state index in [-0.39, 0.29) is 0 Å². The van der Waals surface area contributed by atoms with Gasteiger partial charge in [-0.2, -0.15) is 0 Å². The molecule has 0 saturated heterocycles. The molecule has 0 amide bonds. The molecule has 0 heterocycles. The minimum Gasteiger partial charge on any atom is -0.396 e. The highest BCUT2D eigenvalue weighted by atomic mass is 79.9. The van der Waals surface area contributed by atoms with Crippen LogP contribution in [-0.2, 0) is 0 Å². The van der Waals surface area contributed by atoms with Crippen LogP contribution in [0.15, 0.2) is 33.6 Å². The average molecular weight is 289 g/mol. The summed E-state index contributed by atoms with van der Waals surface area (Å²) in [6.45, 7) is 0.333. The molecule has 0 unspecified atom stereocenters. The minimum absolute atomic E-state index is 0.333. The van der Waals surface area contributed by atoms with Crippen molar-refractivity contribution in [2.75, 3.05) is 12.4 Å². The number of aliphatic hydroxyl groups is 1. The summed E-state index contributed by atoms with van der Waals surface area (Å²) in [6, 6.07) is 8.44. The Morgan fingerprint density at radius 2 is 1.67 bits per heavy atom. The van der Waals surface area contributed by atoms with E-state index in [1.165, 1.54) is 23.5 Å². The number of unbranched alkanes of at least 4 members (excludes halogenated alkanes) is 3. The lowest BCUT2D eigenvalue weighted by molar-refractivity contribution is 0.283. The fourth-order valence-electron chi connectivity index (χ4n) is 1.29. The summed E-state index contributed by atoms with van der Waals surface area (Å²) in [5, 5.41) is 8.62. The molecule has 0 radical (unpaired) electrons. The Labute approximate surface area is 104 Å². The standard InChI is InChI=1S/C12H17BrOS/c13-11-5-7-12(8-6-11)15-10-4-2-1-3-9-14/h5-8,14H,1-4,9-10H2. The van der Waals surface area contributed by atoms with Gasteiger partial charge in [-0.1, -0.05) is 28.8 Å². The van der Waals surface area contributed by atoms with E-state index >= 15 is 0 Å². The number of thioether (sulfide) groups is 1. The summed E-state index contributed by atoms with van der Waals surface area (Å²) < 4.78 is 1.13. The first-order valence-corrected chi connectivity index (χ1v) is 7.10. The van der Waals surface area contributed by atoms with Gasteiger partial charge in [0.1, 0.15) is 0 Å². The molecule has 0 aromatic heterocycles. The summed E-state index contributed by atoms with van der Waals surface area (Å²) in [7, 11) is 0. The molecule has 15 heavy (non-hydrogen) atoms. The van der Waals surface area contributed by atoms with Crippen molar-refractivity contribution in [2.45, 2.75) is 30.6 Å². The van der Waals surface area contributed by atoms with Crippen molar-refractivity contribution in [3.63, 3.8) is 0 Å². The van der Waals surface area contributed by atoms with Gasteiger partial charge in [0, 0.05) is 16.0 Å². The molecule has 0 aliphatic rings. The summed E-state index contributed by atoms with van der Waals surface area (Å²) in [4.78, 5) is 1.33. The third-order valence-electron chi connectivity index (χ3n) is 2.13. The van der Waals surface area contributed by atoms with Crippen molar-refractivity contribution < 1.29 is 5.11 Å². The fourth-order valence-corrected chi connectivity index (χ4v) is 2.47. The van der Waals surface area contributed by atoms with Crippen molar-refractivity contribution >= 4 is 27.7 Å². The van der Waals surface area contributed by atoms with Crippen LogP contribution in [0.2, 0.25) is 0 Å². The fraction of sp³-hybridized carbons (Fsp3) is 0.500. The van der Waals surface area contributed by atoms with Crippen molar-refractivity contribution in [3.05, 3.63) is 28.7 Å². The maximum Gasteiger partial charge on any atom is 0.0431 e. The SMILES string of the molecule is OCCCCCCSc1ccc(Br)cc1. The molecule has 1 aromatic carbocycles. The van der Waals surface area contributed by atoms with E-state index in [4.69, 9.17) is 5.11 Å². The molecule has 1 aromatic rings. The molecule has 0 aliphatic carbocycles. The zero-order valence-electron chi connectivity index (χ0n) is 8.79. The third kappa shape index (κ3) is 6.23. The predicted octanol–water partition coefficient (Wildman–Crippen LogP) is 4.09. The van der Waals surface area contributed by atoms with Crippen LogP contribution in [0, 0.1) is 0 Å². The first kappa shape index (κ1) is 13.1. The summed E-state index contributed by atoms with van der Waals surface area (Å²) >= 11 is 5.33. The van der Waals surface area contributed by atoms with Crippen LogP contribution in [0.25, 0.3) is 0 Å². The van der Waals surface area contributed by atoms with Gasteiger partial charge in [-0.05, 0) is 42.9 Å². The Hall–Kier alpha value is 0.01000. The highest BCUT2D eigenvalue weighted by Gasteiger charge is 1.94. The number of aliphatic hydroxyl groups excluding tert-OH is 1. The van der Waals surface area contributed by atoms with Crippen LogP contribution in [0.4, 0.5) is 0 Å². The van der Waals surface area contributed by atoms with Crippen molar-refractivity contribution in [1.82, 2.24) is 0 Å². The molecular formula is C12H17BrOS. The van der Waals surface area contributed by atoms with Crippen LogP contribution in [0.5, 0.6) is 0 Å². The highest BCUT2D eigenvalue weighted by Crippen LogP contribution is 2.21. The predicted molar refractivity (Wildman–Crippen MR) is 70.4 cm³/mol. The van der Waals surface area contributed by atoms with Gasteiger partial charge in [0.2, 0.25) is 0 Å². The highest BCUT2D eigenvalue weighted by molar-refractivity contribution is 9.10. The van der Waals surface area contributed by atoms with E-state index < -0.39 is 0 Å². The first-order chi connectivity index (χ1) is 7.33. The quantitative estimate of drug-likeness (QED) is 0.602. The molecule has 1 nitrogen and oxygen atoms in total. The monoisotopic (exact) mass is 288 g/mol. The molecule has 1 rings (SSSR count). The third-order valence-corrected chi connectivity index (χ3v) is 3.76. The van der Waals surface area contributed by atoms with Gasteiger partial charge in [-0.15, -0.1) is 11.8 Å². The molecule has 0 bridgehead atoms. The topological polar surface area (TPSA) is 20.2 Å². The molecule has 3 heteroatoms. The van der Waals surface area contributed by atoms with Crippen LogP contribution >= 0.6 is 27.7 Å². The van der Waals surface area contributed by atoms with E-state index in [0.29, 0.717) is 6.61 Å². The number of hydrogen-bond acceptors (Lipinski definition) is 2. The maximum absolute atomic E-state index is 8.62. The number of halogens is 1. The Morgan fingerprint density at radius 3 is 2.33 bits per heavy atom.